The van der Waals surface area contributed by atoms with Gasteiger partial charge in [-0.25, -0.2) is 4.39 Å². The number of hydrogen-bond donors (Lipinski definition) is 2. The molecule has 2 N–H and O–H groups in total. The van der Waals surface area contributed by atoms with Crippen molar-refractivity contribution in [2.24, 2.45) is 0 Å². The topological polar surface area (TPSA) is 87.1 Å². The smallest absolute Gasteiger partial charge is 0.300 e. The molecule has 1 saturated heterocycles. The third-order valence-corrected chi connectivity index (χ3v) is 5.12. The van der Waals surface area contributed by atoms with Gasteiger partial charge in [0.1, 0.15) is 11.6 Å². The van der Waals surface area contributed by atoms with Crippen LogP contribution < -0.4 is 9.64 Å². The Balaban J connectivity index is 1.96. The van der Waals surface area contributed by atoms with Crippen molar-refractivity contribution in [3.05, 3.63) is 95.3 Å². The highest BCUT2D eigenvalue weighted by atomic mass is 19.1. The number of methoxy groups -OCH3 is 1. The minimum atomic E-state index is -0.984. The number of rotatable bonds is 4. The van der Waals surface area contributed by atoms with E-state index in [4.69, 9.17) is 4.74 Å². The van der Waals surface area contributed by atoms with Crippen molar-refractivity contribution < 1.29 is 28.9 Å². The molecule has 0 radical (unpaired) electrons. The second-order valence-corrected chi connectivity index (χ2v) is 6.94. The second-order valence-electron chi connectivity index (χ2n) is 6.94. The first-order valence-corrected chi connectivity index (χ1v) is 9.41. The van der Waals surface area contributed by atoms with Crippen LogP contribution in [0.4, 0.5) is 10.1 Å². The van der Waals surface area contributed by atoms with E-state index >= 15 is 0 Å². The van der Waals surface area contributed by atoms with E-state index in [9.17, 15) is 24.2 Å². The normalized spacial score (nSPS) is 17.7. The highest BCUT2D eigenvalue weighted by Crippen LogP contribution is 2.43. The number of aliphatic hydroxyl groups excluding tert-OH is 1. The van der Waals surface area contributed by atoms with Crippen molar-refractivity contribution in [3.8, 4) is 11.5 Å². The van der Waals surface area contributed by atoms with Crippen LogP contribution in [-0.4, -0.2) is 29.0 Å². The van der Waals surface area contributed by atoms with Crippen molar-refractivity contribution in [1.82, 2.24) is 0 Å². The summed E-state index contributed by atoms with van der Waals surface area (Å²) in [5, 5.41) is 20.9. The summed E-state index contributed by atoms with van der Waals surface area (Å²) in [6, 6.07) is 17.0. The molecule has 1 fully saturated rings. The number of ether oxygens (including phenoxy) is 1. The highest BCUT2D eigenvalue weighted by Gasteiger charge is 2.47. The molecule has 1 heterocycles. The summed E-state index contributed by atoms with van der Waals surface area (Å²) in [5.41, 5.74) is 0.956. The standard InChI is InChI=1S/C24H18FNO5/c1-31-19-13-15(9-12-18(19)27)21-20(22(28)14-7-10-16(25)11-8-14)23(29)24(30)26(21)17-5-3-2-4-6-17/h2-13,21,27-28H,1H3. The molecule has 4 rings (SSSR count). The summed E-state index contributed by atoms with van der Waals surface area (Å²) < 4.78 is 18.5. The predicted octanol–water partition coefficient (Wildman–Crippen LogP) is 4.17. The van der Waals surface area contributed by atoms with Crippen LogP contribution in [0.2, 0.25) is 0 Å². The molecule has 0 aromatic heterocycles. The van der Waals surface area contributed by atoms with E-state index < -0.39 is 29.3 Å². The average Bonchev–Trinajstić information content (AvgIpc) is 3.05. The molecule has 3 aromatic rings. The van der Waals surface area contributed by atoms with E-state index in [1.807, 2.05) is 0 Å². The molecular formula is C24H18FNO5. The summed E-state index contributed by atoms with van der Waals surface area (Å²) in [7, 11) is 1.38. The lowest BCUT2D eigenvalue weighted by Crippen LogP contribution is -2.29. The number of benzene rings is 3. The van der Waals surface area contributed by atoms with Crippen molar-refractivity contribution in [2.45, 2.75) is 6.04 Å². The van der Waals surface area contributed by atoms with Gasteiger partial charge in [0.2, 0.25) is 0 Å². The molecule has 0 bridgehead atoms. The van der Waals surface area contributed by atoms with Gasteiger partial charge in [0, 0.05) is 11.3 Å². The number of halogens is 1. The first kappa shape index (κ1) is 20.2. The molecule has 1 unspecified atom stereocenters. The fourth-order valence-electron chi connectivity index (χ4n) is 3.63. The van der Waals surface area contributed by atoms with Gasteiger partial charge < -0.3 is 14.9 Å². The molecule has 3 aromatic carbocycles. The van der Waals surface area contributed by atoms with Gasteiger partial charge in [-0.15, -0.1) is 0 Å². The molecule has 1 atom stereocenters. The summed E-state index contributed by atoms with van der Waals surface area (Å²) in [6.07, 6.45) is 0. The molecular weight excluding hydrogens is 401 g/mol. The third-order valence-electron chi connectivity index (χ3n) is 5.12. The van der Waals surface area contributed by atoms with Gasteiger partial charge in [-0.2, -0.15) is 0 Å². The number of amides is 1. The monoisotopic (exact) mass is 419 g/mol. The average molecular weight is 419 g/mol. The Morgan fingerprint density at radius 3 is 2.32 bits per heavy atom. The number of phenols is 1. The number of aromatic hydroxyl groups is 1. The van der Waals surface area contributed by atoms with Crippen LogP contribution in [0.1, 0.15) is 17.2 Å². The molecule has 6 nitrogen and oxygen atoms in total. The number of aliphatic hydroxyl groups is 1. The van der Waals surface area contributed by atoms with E-state index in [-0.39, 0.29) is 22.6 Å². The van der Waals surface area contributed by atoms with Gasteiger partial charge in [-0.3, -0.25) is 14.5 Å². The fourth-order valence-corrected chi connectivity index (χ4v) is 3.63. The molecule has 0 saturated carbocycles. The Morgan fingerprint density at radius 1 is 1.00 bits per heavy atom. The summed E-state index contributed by atoms with van der Waals surface area (Å²) in [6.45, 7) is 0. The Bertz CT molecular complexity index is 1190. The van der Waals surface area contributed by atoms with E-state index in [2.05, 4.69) is 0 Å². The SMILES string of the molecule is COc1cc(C2C(=C(O)c3ccc(F)cc3)C(=O)C(=O)N2c2ccccc2)ccc1O. The van der Waals surface area contributed by atoms with Gasteiger partial charge >= 0.3 is 0 Å². The lowest BCUT2D eigenvalue weighted by Gasteiger charge is -2.25. The maximum absolute atomic E-state index is 13.3. The Morgan fingerprint density at radius 2 is 1.68 bits per heavy atom. The van der Waals surface area contributed by atoms with Crippen LogP contribution in [-0.2, 0) is 9.59 Å². The van der Waals surface area contributed by atoms with Crippen LogP contribution >= 0.6 is 0 Å². The number of phenolic OH excluding ortho intramolecular Hbond substituents is 1. The van der Waals surface area contributed by atoms with Crippen molar-refractivity contribution in [3.63, 3.8) is 0 Å². The number of nitrogens with zero attached hydrogens (tertiary/aromatic N) is 1. The minimum absolute atomic E-state index is 0.110. The zero-order valence-electron chi connectivity index (χ0n) is 16.4. The molecule has 0 spiro atoms. The van der Waals surface area contributed by atoms with Crippen molar-refractivity contribution >= 4 is 23.1 Å². The second kappa shape index (κ2) is 7.95. The highest BCUT2D eigenvalue weighted by molar-refractivity contribution is 6.51. The molecule has 1 amide bonds. The fraction of sp³-hybridized carbons (Fsp3) is 0.0833. The van der Waals surface area contributed by atoms with Crippen molar-refractivity contribution in [2.75, 3.05) is 12.0 Å². The summed E-state index contributed by atoms with van der Waals surface area (Å²) in [4.78, 5) is 27.3. The van der Waals surface area contributed by atoms with Crippen molar-refractivity contribution in [1.29, 1.82) is 0 Å². The number of carbonyl (C=O) groups excluding carboxylic acids is 2. The zero-order valence-corrected chi connectivity index (χ0v) is 16.4. The summed E-state index contributed by atoms with van der Waals surface area (Å²) >= 11 is 0. The van der Waals surface area contributed by atoms with E-state index in [0.29, 0.717) is 11.3 Å². The Labute approximate surface area is 177 Å². The summed E-state index contributed by atoms with van der Waals surface area (Å²) in [5.74, 6) is -2.57. The number of carbonyl (C=O) groups is 2. The van der Waals surface area contributed by atoms with Crippen LogP contribution in [0, 0.1) is 5.82 Å². The van der Waals surface area contributed by atoms with Crippen LogP contribution in [0.5, 0.6) is 11.5 Å². The maximum Gasteiger partial charge on any atom is 0.300 e. The van der Waals surface area contributed by atoms with Gasteiger partial charge in [-0.1, -0.05) is 24.3 Å². The molecule has 1 aliphatic rings. The third kappa shape index (κ3) is 3.50. The van der Waals surface area contributed by atoms with Gasteiger partial charge in [0.15, 0.2) is 11.5 Å². The van der Waals surface area contributed by atoms with Gasteiger partial charge in [0.05, 0.1) is 18.7 Å². The number of Topliss-reactive ketones (excluding diaryl/α,β-unsaturated/α-hetero) is 1. The van der Waals surface area contributed by atoms with Gasteiger partial charge in [-0.05, 0) is 54.1 Å². The number of anilines is 1. The molecule has 7 heteroatoms. The lowest BCUT2D eigenvalue weighted by molar-refractivity contribution is -0.132. The largest absolute Gasteiger partial charge is 0.507 e. The van der Waals surface area contributed by atoms with E-state index in [0.717, 1.165) is 12.1 Å². The van der Waals surface area contributed by atoms with Crippen LogP contribution in [0.15, 0.2) is 78.4 Å². The number of hydrogen-bond acceptors (Lipinski definition) is 5. The predicted molar refractivity (Wildman–Crippen MR) is 112 cm³/mol. The number of ketones is 1. The lowest BCUT2D eigenvalue weighted by atomic mass is 9.94. The van der Waals surface area contributed by atoms with Crippen LogP contribution in [0.25, 0.3) is 5.76 Å². The van der Waals surface area contributed by atoms with E-state index in [1.54, 1.807) is 36.4 Å². The minimum Gasteiger partial charge on any atom is -0.507 e. The zero-order chi connectivity index (χ0) is 22.1. The Kier molecular flexibility index (Phi) is 5.17. The van der Waals surface area contributed by atoms with Gasteiger partial charge in [0.25, 0.3) is 11.7 Å². The molecule has 31 heavy (non-hydrogen) atoms. The first-order valence-electron chi connectivity index (χ1n) is 9.41. The van der Waals surface area contributed by atoms with E-state index in [1.165, 1.54) is 36.3 Å². The molecule has 0 aliphatic carbocycles. The quantitative estimate of drug-likeness (QED) is 0.377. The van der Waals surface area contributed by atoms with Crippen LogP contribution in [0.3, 0.4) is 0 Å². The number of para-hydroxylation sites is 1. The molecule has 156 valence electrons. The maximum atomic E-state index is 13.3. The Hall–Kier alpha value is -4.13. The molecule has 1 aliphatic heterocycles. The first-order chi connectivity index (χ1) is 14.9.